The maximum Gasteiger partial charge on any atom is 0.0702 e. The Balaban J connectivity index is 1.95. The molecular formula is C14H19BrN2S. The summed E-state index contributed by atoms with van der Waals surface area (Å²) in [6.07, 6.45) is 2.15. The summed E-state index contributed by atoms with van der Waals surface area (Å²) in [5.41, 5.74) is 1.35. The van der Waals surface area contributed by atoms with E-state index in [1.807, 2.05) is 0 Å². The molecule has 0 aliphatic rings. The van der Waals surface area contributed by atoms with Gasteiger partial charge in [0.05, 0.1) is 10.3 Å². The highest BCUT2D eigenvalue weighted by molar-refractivity contribution is 9.11. The Labute approximate surface area is 121 Å². The summed E-state index contributed by atoms with van der Waals surface area (Å²) in [4.78, 5) is 1.38. The van der Waals surface area contributed by atoms with E-state index < -0.39 is 0 Å². The molecule has 0 saturated carbocycles. The van der Waals surface area contributed by atoms with Crippen LogP contribution in [0.5, 0.6) is 0 Å². The third-order valence-electron chi connectivity index (χ3n) is 2.74. The second-order valence-corrected chi connectivity index (χ2v) is 7.41. The van der Waals surface area contributed by atoms with Crippen LogP contribution in [0, 0.1) is 5.92 Å². The zero-order valence-corrected chi connectivity index (χ0v) is 13.2. The molecule has 0 aliphatic heterocycles. The zero-order valence-electron chi connectivity index (χ0n) is 10.8. The summed E-state index contributed by atoms with van der Waals surface area (Å²) in [6.45, 7) is 7.43. The van der Waals surface area contributed by atoms with E-state index in [2.05, 4.69) is 70.1 Å². The van der Waals surface area contributed by atoms with Crippen LogP contribution >= 0.6 is 27.3 Å². The number of nitrogens with one attached hydrogen (secondary N) is 1. The Hall–Kier alpha value is -0.580. The zero-order chi connectivity index (χ0) is 13.0. The highest BCUT2D eigenvalue weighted by Gasteiger charge is 2.04. The standard InChI is InChI=1S/C14H19BrN2S/c1-11(2)8-16-9-12-4-3-7-17(12)10-13-5-6-14(15)18-13/h3-7,11,16H,8-10H2,1-2H3. The first-order valence-electron chi connectivity index (χ1n) is 6.24. The molecule has 2 rings (SSSR count). The summed E-state index contributed by atoms with van der Waals surface area (Å²) >= 11 is 5.31. The monoisotopic (exact) mass is 326 g/mol. The van der Waals surface area contributed by atoms with E-state index in [9.17, 15) is 0 Å². The third-order valence-corrected chi connectivity index (χ3v) is 4.35. The average Bonchev–Trinajstić information content (AvgIpc) is 2.89. The molecule has 2 aromatic heterocycles. The quantitative estimate of drug-likeness (QED) is 0.845. The van der Waals surface area contributed by atoms with E-state index in [1.54, 1.807) is 11.3 Å². The van der Waals surface area contributed by atoms with Crippen molar-refractivity contribution in [3.05, 3.63) is 44.8 Å². The van der Waals surface area contributed by atoms with Gasteiger partial charge in [0.15, 0.2) is 0 Å². The van der Waals surface area contributed by atoms with Gasteiger partial charge in [-0.3, -0.25) is 0 Å². The summed E-state index contributed by atoms with van der Waals surface area (Å²) in [7, 11) is 0. The smallest absolute Gasteiger partial charge is 0.0702 e. The van der Waals surface area contributed by atoms with Crippen molar-refractivity contribution in [3.8, 4) is 0 Å². The molecule has 0 fully saturated rings. The van der Waals surface area contributed by atoms with Gasteiger partial charge >= 0.3 is 0 Å². The molecule has 0 aromatic carbocycles. The molecular weight excluding hydrogens is 308 g/mol. The summed E-state index contributed by atoms with van der Waals surface area (Å²) < 4.78 is 3.51. The van der Waals surface area contributed by atoms with Crippen molar-refractivity contribution in [2.75, 3.05) is 6.54 Å². The lowest BCUT2D eigenvalue weighted by molar-refractivity contribution is 0.539. The Kier molecular flexibility index (Phi) is 5.03. The van der Waals surface area contributed by atoms with Gasteiger partial charge in [0.2, 0.25) is 0 Å². The summed E-state index contributed by atoms with van der Waals surface area (Å²) in [5, 5.41) is 3.49. The number of nitrogens with zero attached hydrogens (tertiary/aromatic N) is 1. The largest absolute Gasteiger partial charge is 0.345 e. The molecule has 4 heteroatoms. The van der Waals surface area contributed by atoms with E-state index in [0.717, 1.165) is 19.6 Å². The normalized spacial score (nSPS) is 11.3. The van der Waals surface area contributed by atoms with Gasteiger partial charge in [0, 0.05) is 23.3 Å². The molecule has 0 saturated heterocycles. The third kappa shape index (κ3) is 3.97. The van der Waals surface area contributed by atoms with E-state index in [1.165, 1.54) is 14.4 Å². The second kappa shape index (κ2) is 6.55. The van der Waals surface area contributed by atoms with Crippen LogP contribution in [-0.2, 0) is 13.1 Å². The van der Waals surface area contributed by atoms with Crippen LogP contribution in [0.4, 0.5) is 0 Å². The molecule has 0 radical (unpaired) electrons. The van der Waals surface area contributed by atoms with Gasteiger partial charge in [0.25, 0.3) is 0 Å². The lowest BCUT2D eigenvalue weighted by atomic mass is 10.2. The molecule has 0 atom stereocenters. The van der Waals surface area contributed by atoms with Crippen LogP contribution in [0.2, 0.25) is 0 Å². The Bertz CT molecular complexity index is 487. The predicted octanol–water partition coefficient (Wildman–Crippen LogP) is 4.11. The van der Waals surface area contributed by atoms with Gasteiger partial charge in [-0.2, -0.15) is 0 Å². The van der Waals surface area contributed by atoms with Crippen molar-refractivity contribution in [1.82, 2.24) is 9.88 Å². The van der Waals surface area contributed by atoms with Crippen molar-refractivity contribution in [1.29, 1.82) is 0 Å². The van der Waals surface area contributed by atoms with Crippen molar-refractivity contribution >= 4 is 27.3 Å². The predicted molar refractivity (Wildman–Crippen MR) is 82.1 cm³/mol. The summed E-state index contributed by atoms with van der Waals surface area (Å²) in [6, 6.07) is 8.60. The maximum absolute atomic E-state index is 3.51. The molecule has 2 heterocycles. The van der Waals surface area contributed by atoms with Gasteiger partial charge in [-0.05, 0) is 52.7 Å². The van der Waals surface area contributed by atoms with Crippen LogP contribution in [0.25, 0.3) is 0 Å². The number of thiophene rings is 1. The lowest BCUT2D eigenvalue weighted by Gasteiger charge is -2.10. The minimum Gasteiger partial charge on any atom is -0.345 e. The molecule has 0 amide bonds. The second-order valence-electron chi connectivity index (χ2n) is 4.86. The Morgan fingerprint density at radius 1 is 1.33 bits per heavy atom. The fourth-order valence-electron chi connectivity index (χ4n) is 1.86. The fraction of sp³-hybridized carbons (Fsp3) is 0.429. The Morgan fingerprint density at radius 2 is 2.17 bits per heavy atom. The minimum absolute atomic E-state index is 0.696. The van der Waals surface area contributed by atoms with Gasteiger partial charge in [0.1, 0.15) is 0 Å². The molecule has 0 unspecified atom stereocenters. The number of hydrogen-bond donors (Lipinski definition) is 1. The molecule has 0 spiro atoms. The molecule has 0 aliphatic carbocycles. The van der Waals surface area contributed by atoms with Crippen LogP contribution < -0.4 is 5.32 Å². The summed E-state index contributed by atoms with van der Waals surface area (Å²) in [5.74, 6) is 0.696. The number of rotatable bonds is 6. The molecule has 2 aromatic rings. The first-order valence-corrected chi connectivity index (χ1v) is 7.85. The molecule has 98 valence electrons. The highest BCUT2D eigenvalue weighted by Crippen LogP contribution is 2.23. The SMILES string of the molecule is CC(C)CNCc1cccn1Cc1ccc(Br)s1. The molecule has 2 nitrogen and oxygen atoms in total. The van der Waals surface area contributed by atoms with Crippen molar-refractivity contribution < 1.29 is 0 Å². The van der Waals surface area contributed by atoms with Crippen molar-refractivity contribution in [3.63, 3.8) is 0 Å². The van der Waals surface area contributed by atoms with Gasteiger partial charge in [-0.25, -0.2) is 0 Å². The number of hydrogen-bond acceptors (Lipinski definition) is 2. The lowest BCUT2D eigenvalue weighted by Crippen LogP contribution is -2.20. The van der Waals surface area contributed by atoms with E-state index in [-0.39, 0.29) is 0 Å². The van der Waals surface area contributed by atoms with Gasteiger partial charge in [-0.1, -0.05) is 13.8 Å². The van der Waals surface area contributed by atoms with Crippen molar-refractivity contribution in [2.24, 2.45) is 5.92 Å². The van der Waals surface area contributed by atoms with E-state index in [4.69, 9.17) is 0 Å². The Morgan fingerprint density at radius 3 is 2.83 bits per heavy atom. The van der Waals surface area contributed by atoms with Gasteiger partial charge < -0.3 is 9.88 Å². The van der Waals surface area contributed by atoms with Crippen LogP contribution in [-0.4, -0.2) is 11.1 Å². The van der Waals surface area contributed by atoms with Gasteiger partial charge in [-0.15, -0.1) is 11.3 Å². The van der Waals surface area contributed by atoms with E-state index >= 15 is 0 Å². The van der Waals surface area contributed by atoms with E-state index in [0.29, 0.717) is 5.92 Å². The maximum atomic E-state index is 3.51. The average molecular weight is 327 g/mol. The number of halogens is 1. The number of aromatic nitrogens is 1. The first-order chi connectivity index (χ1) is 8.65. The topological polar surface area (TPSA) is 17.0 Å². The van der Waals surface area contributed by atoms with Crippen LogP contribution in [0.3, 0.4) is 0 Å². The molecule has 18 heavy (non-hydrogen) atoms. The van der Waals surface area contributed by atoms with Crippen LogP contribution in [0.15, 0.2) is 34.2 Å². The first kappa shape index (κ1) is 13.8. The van der Waals surface area contributed by atoms with Crippen LogP contribution in [0.1, 0.15) is 24.4 Å². The minimum atomic E-state index is 0.696. The molecule has 0 bridgehead atoms. The fourth-order valence-corrected chi connectivity index (χ4v) is 3.34. The van der Waals surface area contributed by atoms with Crippen molar-refractivity contribution in [2.45, 2.75) is 26.9 Å². The molecule has 1 N–H and O–H groups in total. The highest BCUT2D eigenvalue weighted by atomic mass is 79.9.